The molecule has 3 rings (SSSR count). The number of carbonyl (C=O) groups is 2. The molecule has 1 aromatic carbocycles. The molecular formula is C21H30N2O4. The fourth-order valence-corrected chi connectivity index (χ4v) is 4.58. The number of likely N-dealkylation sites (tertiary alicyclic amines) is 2. The van der Waals surface area contributed by atoms with E-state index in [-0.39, 0.29) is 23.1 Å². The first-order valence-electron chi connectivity index (χ1n) is 9.63. The van der Waals surface area contributed by atoms with Crippen molar-refractivity contribution in [3.05, 3.63) is 29.8 Å². The van der Waals surface area contributed by atoms with Crippen LogP contribution in [-0.4, -0.2) is 68.6 Å². The maximum absolute atomic E-state index is 12.8. The number of aryl methyl sites for hydroxylation is 1. The average Bonchev–Trinajstić information content (AvgIpc) is 3.05. The highest BCUT2D eigenvalue weighted by molar-refractivity contribution is 5.77. The quantitative estimate of drug-likeness (QED) is 0.764. The van der Waals surface area contributed by atoms with Crippen LogP contribution in [0.4, 0.5) is 0 Å². The summed E-state index contributed by atoms with van der Waals surface area (Å²) in [5.41, 5.74) is 1.04. The van der Waals surface area contributed by atoms with E-state index in [1.807, 2.05) is 34.1 Å². The third kappa shape index (κ3) is 4.10. The summed E-state index contributed by atoms with van der Waals surface area (Å²) >= 11 is 0. The van der Waals surface area contributed by atoms with Crippen molar-refractivity contribution in [2.24, 2.45) is 11.3 Å². The first-order chi connectivity index (χ1) is 13.0. The van der Waals surface area contributed by atoms with Crippen molar-refractivity contribution in [3.63, 3.8) is 0 Å². The number of hydrogen-bond donors (Lipinski definition) is 0. The number of nitrogens with zero attached hydrogens (tertiary/aromatic N) is 2. The molecule has 0 radical (unpaired) electrons. The lowest BCUT2D eigenvalue weighted by atomic mass is 9.73. The molecule has 148 valence electrons. The van der Waals surface area contributed by atoms with Crippen LogP contribution in [0.3, 0.4) is 0 Å². The second-order valence-corrected chi connectivity index (χ2v) is 7.79. The van der Waals surface area contributed by atoms with Gasteiger partial charge in [-0.25, -0.2) is 0 Å². The SMILES string of the molecule is COCC12CCN(C(=O)CCc3ccccc3OC)CC1CN(C(C)=O)C2. The molecule has 2 amide bonds. The maximum atomic E-state index is 12.8. The van der Waals surface area contributed by atoms with Crippen LogP contribution in [-0.2, 0) is 20.7 Å². The van der Waals surface area contributed by atoms with Gasteiger partial charge >= 0.3 is 0 Å². The minimum Gasteiger partial charge on any atom is -0.496 e. The van der Waals surface area contributed by atoms with E-state index >= 15 is 0 Å². The predicted molar refractivity (Wildman–Crippen MR) is 103 cm³/mol. The lowest BCUT2D eigenvalue weighted by Gasteiger charge is -2.43. The van der Waals surface area contributed by atoms with Gasteiger partial charge in [-0.1, -0.05) is 18.2 Å². The molecule has 0 saturated carbocycles. The molecule has 2 aliphatic rings. The fourth-order valence-electron chi connectivity index (χ4n) is 4.58. The highest BCUT2D eigenvalue weighted by atomic mass is 16.5. The summed E-state index contributed by atoms with van der Waals surface area (Å²) in [6.45, 7) is 5.16. The molecule has 6 heteroatoms. The molecule has 6 nitrogen and oxygen atoms in total. The molecule has 0 aromatic heterocycles. The molecule has 2 unspecified atom stereocenters. The van der Waals surface area contributed by atoms with Gasteiger partial charge in [0.15, 0.2) is 0 Å². The Hall–Kier alpha value is -2.08. The van der Waals surface area contributed by atoms with Gasteiger partial charge in [0, 0.05) is 58.0 Å². The van der Waals surface area contributed by atoms with Crippen LogP contribution in [0.15, 0.2) is 24.3 Å². The van der Waals surface area contributed by atoms with Crippen LogP contribution >= 0.6 is 0 Å². The van der Waals surface area contributed by atoms with Gasteiger partial charge in [0.25, 0.3) is 0 Å². The fraction of sp³-hybridized carbons (Fsp3) is 0.619. The zero-order valence-corrected chi connectivity index (χ0v) is 16.6. The van der Waals surface area contributed by atoms with E-state index in [0.717, 1.165) is 37.4 Å². The highest BCUT2D eigenvalue weighted by Gasteiger charge is 2.50. The first kappa shape index (κ1) is 19.7. The van der Waals surface area contributed by atoms with Gasteiger partial charge in [-0.2, -0.15) is 0 Å². The Morgan fingerprint density at radius 2 is 1.93 bits per heavy atom. The Balaban J connectivity index is 1.62. The molecule has 0 bridgehead atoms. The molecule has 1 aromatic rings. The maximum Gasteiger partial charge on any atom is 0.222 e. The van der Waals surface area contributed by atoms with Gasteiger partial charge in [-0.3, -0.25) is 9.59 Å². The lowest BCUT2D eigenvalue weighted by Crippen LogP contribution is -2.50. The van der Waals surface area contributed by atoms with Gasteiger partial charge < -0.3 is 19.3 Å². The molecule has 2 saturated heterocycles. The average molecular weight is 374 g/mol. The Morgan fingerprint density at radius 1 is 1.19 bits per heavy atom. The molecule has 2 atom stereocenters. The van der Waals surface area contributed by atoms with E-state index in [1.165, 1.54) is 0 Å². The molecule has 2 heterocycles. The Labute approximate surface area is 161 Å². The van der Waals surface area contributed by atoms with Crippen molar-refractivity contribution in [2.75, 3.05) is 47.0 Å². The summed E-state index contributed by atoms with van der Waals surface area (Å²) in [7, 11) is 3.37. The van der Waals surface area contributed by atoms with Crippen LogP contribution in [0, 0.1) is 11.3 Å². The van der Waals surface area contributed by atoms with Crippen molar-refractivity contribution in [2.45, 2.75) is 26.2 Å². The minimum atomic E-state index is -0.0140. The van der Waals surface area contributed by atoms with Crippen molar-refractivity contribution in [1.82, 2.24) is 9.80 Å². The van der Waals surface area contributed by atoms with Crippen molar-refractivity contribution < 1.29 is 19.1 Å². The summed E-state index contributed by atoms with van der Waals surface area (Å²) in [4.78, 5) is 28.6. The van der Waals surface area contributed by atoms with E-state index in [2.05, 4.69) is 0 Å². The summed E-state index contributed by atoms with van der Waals surface area (Å²) in [6.07, 6.45) is 2.03. The Kier molecular flexibility index (Phi) is 6.05. The number of ether oxygens (including phenoxy) is 2. The van der Waals surface area contributed by atoms with E-state index in [1.54, 1.807) is 21.1 Å². The van der Waals surface area contributed by atoms with Gasteiger partial charge in [-0.15, -0.1) is 0 Å². The second kappa shape index (κ2) is 8.30. The number of benzene rings is 1. The number of rotatable bonds is 6. The number of para-hydroxylation sites is 1. The van der Waals surface area contributed by atoms with Crippen LogP contribution in [0.25, 0.3) is 0 Å². The zero-order valence-electron chi connectivity index (χ0n) is 16.6. The van der Waals surface area contributed by atoms with Crippen LogP contribution in [0.2, 0.25) is 0 Å². The molecule has 0 spiro atoms. The number of piperidine rings is 1. The molecule has 0 aliphatic carbocycles. The molecular weight excluding hydrogens is 344 g/mol. The topological polar surface area (TPSA) is 59.1 Å². The minimum absolute atomic E-state index is 0.0140. The standard InChI is InChI=1S/C21H30N2O4/c1-16(24)23-13-18-12-22(11-10-21(18,14-23)15-26-2)20(25)9-8-17-6-4-5-7-19(17)27-3/h4-7,18H,8-15H2,1-3H3. The molecule has 2 aliphatic heterocycles. The molecule has 27 heavy (non-hydrogen) atoms. The second-order valence-electron chi connectivity index (χ2n) is 7.79. The van der Waals surface area contributed by atoms with E-state index in [0.29, 0.717) is 26.0 Å². The smallest absolute Gasteiger partial charge is 0.222 e. The van der Waals surface area contributed by atoms with Gasteiger partial charge in [0.2, 0.25) is 11.8 Å². The van der Waals surface area contributed by atoms with Crippen LogP contribution < -0.4 is 4.74 Å². The van der Waals surface area contributed by atoms with Crippen LogP contribution in [0.5, 0.6) is 5.75 Å². The van der Waals surface area contributed by atoms with Crippen LogP contribution in [0.1, 0.15) is 25.3 Å². The molecule has 2 fully saturated rings. The summed E-state index contributed by atoms with van der Waals surface area (Å²) < 4.78 is 10.9. The third-order valence-corrected chi connectivity index (χ3v) is 6.16. The number of amides is 2. The summed E-state index contributed by atoms with van der Waals surface area (Å²) in [6, 6.07) is 7.84. The van der Waals surface area contributed by atoms with Crippen molar-refractivity contribution in [1.29, 1.82) is 0 Å². The predicted octanol–water partition coefficient (Wildman–Crippen LogP) is 1.97. The van der Waals surface area contributed by atoms with E-state index in [9.17, 15) is 9.59 Å². The summed E-state index contributed by atoms with van der Waals surface area (Å²) in [5, 5.41) is 0. The van der Waals surface area contributed by atoms with E-state index in [4.69, 9.17) is 9.47 Å². The Bertz CT molecular complexity index is 693. The van der Waals surface area contributed by atoms with Gasteiger partial charge in [0.05, 0.1) is 13.7 Å². The number of fused-ring (bicyclic) bond motifs is 1. The number of hydrogen-bond acceptors (Lipinski definition) is 4. The number of carbonyl (C=O) groups excluding carboxylic acids is 2. The monoisotopic (exact) mass is 374 g/mol. The van der Waals surface area contributed by atoms with Gasteiger partial charge in [-0.05, 0) is 24.5 Å². The lowest BCUT2D eigenvalue weighted by molar-refractivity contribution is -0.135. The van der Waals surface area contributed by atoms with Crippen molar-refractivity contribution in [3.8, 4) is 5.75 Å². The van der Waals surface area contributed by atoms with Crippen molar-refractivity contribution >= 4 is 11.8 Å². The first-order valence-corrected chi connectivity index (χ1v) is 9.63. The zero-order chi connectivity index (χ0) is 19.4. The highest BCUT2D eigenvalue weighted by Crippen LogP contribution is 2.43. The van der Waals surface area contributed by atoms with E-state index < -0.39 is 0 Å². The number of methoxy groups -OCH3 is 2. The largest absolute Gasteiger partial charge is 0.496 e. The Morgan fingerprint density at radius 3 is 2.63 bits per heavy atom. The molecule has 0 N–H and O–H groups in total. The summed E-state index contributed by atoms with van der Waals surface area (Å²) in [5.74, 6) is 1.39. The third-order valence-electron chi connectivity index (χ3n) is 6.16. The normalized spacial score (nSPS) is 24.6. The van der Waals surface area contributed by atoms with Gasteiger partial charge in [0.1, 0.15) is 5.75 Å².